The zero-order valence-corrected chi connectivity index (χ0v) is 15.3. The van der Waals surface area contributed by atoms with E-state index in [9.17, 15) is 23.1 Å². The van der Waals surface area contributed by atoms with Crippen LogP contribution in [0.15, 0.2) is 45.7 Å². The summed E-state index contributed by atoms with van der Waals surface area (Å²) in [4.78, 5) is 12.1. The first-order valence-electron chi connectivity index (χ1n) is 7.48. The molecule has 0 saturated heterocycles. The van der Waals surface area contributed by atoms with Crippen LogP contribution in [0.1, 0.15) is 11.1 Å². The Labute approximate surface area is 158 Å². The minimum absolute atomic E-state index is 0.0308. The van der Waals surface area contributed by atoms with E-state index in [-0.39, 0.29) is 22.7 Å². The van der Waals surface area contributed by atoms with Crippen LogP contribution >= 0.6 is 15.9 Å². The molecule has 142 valence electrons. The molecule has 0 fully saturated rings. The van der Waals surface area contributed by atoms with Crippen molar-refractivity contribution in [1.29, 1.82) is 0 Å². The van der Waals surface area contributed by atoms with Crippen LogP contribution in [0.25, 0.3) is 5.69 Å². The fourth-order valence-corrected chi connectivity index (χ4v) is 2.89. The lowest BCUT2D eigenvalue weighted by Gasteiger charge is -2.17. The van der Waals surface area contributed by atoms with Gasteiger partial charge in [-0.1, -0.05) is 6.07 Å². The van der Waals surface area contributed by atoms with Gasteiger partial charge in [-0.15, -0.1) is 0 Å². The second-order valence-corrected chi connectivity index (χ2v) is 6.36. The van der Waals surface area contributed by atoms with E-state index in [4.69, 9.17) is 4.74 Å². The van der Waals surface area contributed by atoms with Crippen molar-refractivity contribution >= 4 is 15.9 Å². The highest BCUT2D eigenvalue weighted by Crippen LogP contribution is 2.36. The summed E-state index contributed by atoms with van der Waals surface area (Å²) in [6.45, 7) is -0.489. The van der Waals surface area contributed by atoms with Gasteiger partial charge in [0.05, 0.1) is 15.7 Å². The maximum Gasteiger partial charge on any atom is 0.416 e. The predicted molar refractivity (Wildman–Crippen MR) is 91.7 cm³/mol. The first-order valence-corrected chi connectivity index (χ1v) is 8.27. The SMILES string of the molecule is Cn1nnn(-c2cccc(C(F)(F)F)c2COc2ccc(O)cc2Br)c1=O. The van der Waals surface area contributed by atoms with E-state index in [0.29, 0.717) is 4.47 Å². The van der Waals surface area contributed by atoms with Gasteiger partial charge in [0.15, 0.2) is 0 Å². The molecule has 3 rings (SSSR count). The van der Waals surface area contributed by atoms with Gasteiger partial charge in [-0.2, -0.15) is 22.5 Å². The molecule has 2 aromatic carbocycles. The maximum atomic E-state index is 13.5. The number of phenolic OH excluding ortho intramolecular Hbond substituents is 1. The second kappa shape index (κ2) is 7.06. The Morgan fingerprint density at radius 3 is 2.56 bits per heavy atom. The van der Waals surface area contributed by atoms with Crippen molar-refractivity contribution in [1.82, 2.24) is 19.8 Å². The molecule has 1 heterocycles. The van der Waals surface area contributed by atoms with Crippen molar-refractivity contribution in [3.8, 4) is 17.2 Å². The third-order valence-corrected chi connectivity index (χ3v) is 4.31. The summed E-state index contributed by atoms with van der Waals surface area (Å²) in [5.74, 6) is 0.193. The molecule has 7 nitrogen and oxygen atoms in total. The Morgan fingerprint density at radius 1 is 1.22 bits per heavy atom. The first kappa shape index (κ1) is 19.0. The Balaban J connectivity index is 2.08. The minimum Gasteiger partial charge on any atom is -0.508 e. The van der Waals surface area contributed by atoms with E-state index in [1.165, 1.54) is 37.4 Å². The van der Waals surface area contributed by atoms with Gasteiger partial charge in [0.2, 0.25) is 0 Å². The fraction of sp³-hybridized carbons (Fsp3) is 0.188. The molecule has 11 heteroatoms. The summed E-state index contributed by atoms with van der Waals surface area (Å²) in [6.07, 6.45) is -4.66. The van der Waals surface area contributed by atoms with Gasteiger partial charge < -0.3 is 9.84 Å². The zero-order valence-electron chi connectivity index (χ0n) is 13.7. The molecule has 0 aliphatic rings. The fourth-order valence-electron chi connectivity index (χ4n) is 2.41. The van der Waals surface area contributed by atoms with Gasteiger partial charge in [0, 0.05) is 12.6 Å². The molecular weight excluding hydrogens is 433 g/mol. The van der Waals surface area contributed by atoms with Crippen molar-refractivity contribution in [3.63, 3.8) is 0 Å². The van der Waals surface area contributed by atoms with Crippen LogP contribution in [0, 0.1) is 0 Å². The summed E-state index contributed by atoms with van der Waals surface area (Å²) in [6, 6.07) is 7.50. The summed E-state index contributed by atoms with van der Waals surface area (Å²) in [7, 11) is 1.34. The molecule has 0 bridgehead atoms. The zero-order chi connectivity index (χ0) is 19.8. The van der Waals surface area contributed by atoms with Crippen molar-refractivity contribution in [3.05, 3.63) is 62.5 Å². The normalized spacial score (nSPS) is 11.6. The summed E-state index contributed by atoms with van der Waals surface area (Å²) in [5, 5.41) is 16.5. The molecule has 0 saturated carbocycles. The van der Waals surface area contributed by atoms with Crippen molar-refractivity contribution in [2.24, 2.45) is 7.05 Å². The number of ether oxygens (including phenoxy) is 1. The van der Waals surface area contributed by atoms with Crippen LogP contribution in [0.4, 0.5) is 13.2 Å². The first-order chi connectivity index (χ1) is 12.7. The summed E-state index contributed by atoms with van der Waals surface area (Å²) < 4.78 is 48.0. The van der Waals surface area contributed by atoms with E-state index in [0.717, 1.165) is 15.4 Å². The average Bonchev–Trinajstić information content (AvgIpc) is 2.92. The van der Waals surface area contributed by atoms with E-state index < -0.39 is 24.0 Å². The van der Waals surface area contributed by atoms with Crippen molar-refractivity contribution in [2.45, 2.75) is 12.8 Å². The number of aromatic hydroxyl groups is 1. The van der Waals surface area contributed by atoms with Crippen LogP contribution in [0.3, 0.4) is 0 Å². The number of aryl methyl sites for hydroxylation is 1. The number of halogens is 4. The number of nitrogens with zero attached hydrogens (tertiary/aromatic N) is 4. The van der Waals surface area contributed by atoms with E-state index in [1.54, 1.807) is 0 Å². The monoisotopic (exact) mass is 444 g/mol. The Morgan fingerprint density at radius 2 is 1.96 bits per heavy atom. The smallest absolute Gasteiger partial charge is 0.416 e. The van der Waals surface area contributed by atoms with Crippen LogP contribution in [0.5, 0.6) is 11.5 Å². The Bertz CT molecular complexity index is 1050. The minimum atomic E-state index is -4.66. The average molecular weight is 445 g/mol. The largest absolute Gasteiger partial charge is 0.508 e. The molecule has 1 aromatic heterocycles. The number of rotatable bonds is 4. The molecule has 0 aliphatic heterocycles. The van der Waals surface area contributed by atoms with Crippen molar-refractivity contribution in [2.75, 3.05) is 0 Å². The maximum absolute atomic E-state index is 13.5. The number of hydrogen-bond donors (Lipinski definition) is 1. The Hall–Kier alpha value is -2.82. The number of aromatic nitrogens is 4. The molecule has 0 amide bonds. The standard InChI is InChI=1S/C16H12BrF3N4O3/c1-23-15(26)24(22-21-23)13-4-2-3-11(16(18,19)20)10(13)8-27-14-6-5-9(25)7-12(14)17/h2-7,25H,8H2,1H3. The number of phenols is 1. The summed E-state index contributed by atoms with van der Waals surface area (Å²) in [5.41, 5.74) is -2.00. The Kier molecular flexibility index (Phi) is 4.96. The highest BCUT2D eigenvalue weighted by atomic mass is 79.9. The van der Waals surface area contributed by atoms with Gasteiger partial charge in [0.1, 0.15) is 18.1 Å². The predicted octanol–water partition coefficient (Wildman–Crippen LogP) is 3.03. The molecule has 0 aliphatic carbocycles. The molecule has 0 atom stereocenters. The van der Waals surface area contributed by atoms with Gasteiger partial charge in [0.25, 0.3) is 0 Å². The third-order valence-electron chi connectivity index (χ3n) is 3.69. The number of alkyl halides is 3. The lowest BCUT2D eigenvalue weighted by molar-refractivity contribution is -0.138. The van der Waals surface area contributed by atoms with E-state index in [1.807, 2.05) is 0 Å². The number of hydrogen-bond acceptors (Lipinski definition) is 5. The second-order valence-electron chi connectivity index (χ2n) is 5.50. The van der Waals surface area contributed by atoms with Crippen LogP contribution in [-0.4, -0.2) is 24.9 Å². The molecule has 0 unspecified atom stereocenters. The lowest BCUT2D eigenvalue weighted by atomic mass is 10.1. The van der Waals surface area contributed by atoms with Gasteiger partial charge in [-0.05, 0) is 56.7 Å². The quantitative estimate of drug-likeness (QED) is 0.668. The molecule has 0 spiro atoms. The van der Waals surface area contributed by atoms with Crippen LogP contribution in [0.2, 0.25) is 0 Å². The van der Waals surface area contributed by atoms with Gasteiger partial charge in [-0.3, -0.25) is 0 Å². The van der Waals surface area contributed by atoms with Gasteiger partial charge in [-0.25, -0.2) is 4.79 Å². The van der Waals surface area contributed by atoms with Crippen LogP contribution in [-0.2, 0) is 19.8 Å². The number of benzene rings is 2. The summed E-state index contributed by atoms with van der Waals surface area (Å²) >= 11 is 3.17. The lowest BCUT2D eigenvalue weighted by Crippen LogP contribution is -2.24. The van der Waals surface area contributed by atoms with E-state index in [2.05, 4.69) is 26.4 Å². The molecule has 27 heavy (non-hydrogen) atoms. The van der Waals surface area contributed by atoms with E-state index >= 15 is 0 Å². The molecule has 1 N–H and O–H groups in total. The molecule has 0 radical (unpaired) electrons. The topological polar surface area (TPSA) is 82.2 Å². The van der Waals surface area contributed by atoms with Gasteiger partial charge >= 0.3 is 11.9 Å². The highest BCUT2D eigenvalue weighted by molar-refractivity contribution is 9.10. The molecule has 3 aromatic rings. The molecular formula is C16H12BrF3N4O3. The van der Waals surface area contributed by atoms with Crippen molar-refractivity contribution < 1.29 is 23.0 Å². The highest BCUT2D eigenvalue weighted by Gasteiger charge is 2.35. The third kappa shape index (κ3) is 3.82. The number of tetrazole rings is 1. The van der Waals surface area contributed by atoms with Crippen LogP contribution < -0.4 is 10.4 Å².